The van der Waals surface area contributed by atoms with E-state index in [0.717, 1.165) is 0 Å². The molecule has 2 aromatic rings. The fourth-order valence-corrected chi connectivity index (χ4v) is 3.08. The fourth-order valence-electron chi connectivity index (χ4n) is 3.08. The Labute approximate surface area is 168 Å². The van der Waals surface area contributed by atoms with Crippen LogP contribution >= 0.6 is 0 Å². The highest BCUT2D eigenvalue weighted by Gasteiger charge is 2.27. The number of urea groups is 1. The number of ether oxygens (including phenoxy) is 3. The van der Waals surface area contributed by atoms with Crippen molar-refractivity contribution in [3.63, 3.8) is 0 Å². The van der Waals surface area contributed by atoms with E-state index in [4.69, 9.17) is 18.7 Å². The fraction of sp³-hybridized carbons (Fsp3) is 0.526. The topological polar surface area (TPSA) is 99.0 Å². The van der Waals surface area contributed by atoms with Gasteiger partial charge in [-0.25, -0.2) is 9.18 Å². The van der Waals surface area contributed by atoms with E-state index in [2.05, 4.69) is 15.5 Å². The molecule has 1 fully saturated rings. The molecule has 0 unspecified atom stereocenters. The summed E-state index contributed by atoms with van der Waals surface area (Å²) in [6, 6.07) is 4.04. The van der Waals surface area contributed by atoms with Gasteiger partial charge in [-0.05, 0) is 25.0 Å². The molecule has 10 heteroatoms. The molecule has 1 aliphatic heterocycles. The number of nitrogens with one attached hydrogen (secondary N) is 1. The van der Waals surface area contributed by atoms with Crippen LogP contribution < -0.4 is 10.1 Å². The van der Waals surface area contributed by atoms with Crippen LogP contribution in [0.1, 0.15) is 30.5 Å². The predicted molar refractivity (Wildman–Crippen MR) is 101 cm³/mol. The molecule has 1 N–H and O–H groups in total. The Morgan fingerprint density at radius 2 is 2.10 bits per heavy atom. The minimum atomic E-state index is -0.525. The molecule has 0 radical (unpaired) electrons. The molecule has 29 heavy (non-hydrogen) atoms. The Morgan fingerprint density at radius 1 is 1.31 bits per heavy atom. The Hall–Kier alpha value is -2.72. The molecule has 2 amide bonds. The van der Waals surface area contributed by atoms with Crippen molar-refractivity contribution in [2.45, 2.75) is 25.4 Å². The van der Waals surface area contributed by atoms with Gasteiger partial charge in [-0.1, -0.05) is 5.16 Å². The molecule has 2 heterocycles. The van der Waals surface area contributed by atoms with Crippen molar-refractivity contribution < 1.29 is 27.9 Å². The zero-order valence-electron chi connectivity index (χ0n) is 16.5. The van der Waals surface area contributed by atoms with Crippen LogP contribution in [-0.4, -0.2) is 61.6 Å². The van der Waals surface area contributed by atoms with Crippen LogP contribution in [0.4, 0.5) is 14.9 Å². The van der Waals surface area contributed by atoms with Gasteiger partial charge in [-0.2, -0.15) is 4.98 Å². The molecule has 0 atom stereocenters. The standard InChI is InChI=1S/C19H25FN4O5/c1-26-9-10-28-12-17-22-18(23-29-17)13-5-7-24(8-6-13)19(25)21-14-3-4-16(27-2)15(20)11-14/h3-4,11,13H,5-10,12H2,1-2H3,(H,21,25). The summed E-state index contributed by atoms with van der Waals surface area (Å²) >= 11 is 0. The molecule has 0 spiro atoms. The highest BCUT2D eigenvalue weighted by Crippen LogP contribution is 2.27. The second-order valence-electron chi connectivity index (χ2n) is 6.63. The van der Waals surface area contributed by atoms with Gasteiger partial charge >= 0.3 is 6.03 Å². The molecule has 0 bridgehead atoms. The van der Waals surface area contributed by atoms with Gasteiger partial charge in [0.1, 0.15) is 6.61 Å². The lowest BCUT2D eigenvalue weighted by molar-refractivity contribution is 0.0494. The third-order valence-corrected chi connectivity index (χ3v) is 4.69. The first-order valence-corrected chi connectivity index (χ1v) is 9.39. The molecule has 0 saturated carbocycles. The number of benzene rings is 1. The number of hydrogen-bond donors (Lipinski definition) is 1. The number of halogens is 1. The number of carbonyl (C=O) groups is 1. The monoisotopic (exact) mass is 408 g/mol. The van der Waals surface area contributed by atoms with Gasteiger partial charge in [-0.15, -0.1) is 0 Å². The average Bonchev–Trinajstić information content (AvgIpc) is 3.20. The number of nitrogens with zero attached hydrogens (tertiary/aromatic N) is 3. The van der Waals surface area contributed by atoms with Gasteiger partial charge < -0.3 is 29.0 Å². The summed E-state index contributed by atoms with van der Waals surface area (Å²) in [4.78, 5) is 18.5. The zero-order valence-corrected chi connectivity index (χ0v) is 16.5. The van der Waals surface area contributed by atoms with Crippen molar-refractivity contribution in [2.24, 2.45) is 0 Å². The number of carbonyl (C=O) groups excluding carboxylic acids is 1. The number of anilines is 1. The number of piperidine rings is 1. The first kappa shape index (κ1) is 21.0. The first-order valence-electron chi connectivity index (χ1n) is 9.39. The van der Waals surface area contributed by atoms with Crippen molar-refractivity contribution >= 4 is 11.7 Å². The van der Waals surface area contributed by atoms with Crippen LogP contribution in [0.3, 0.4) is 0 Å². The number of likely N-dealkylation sites (tertiary alicyclic amines) is 1. The molecule has 0 aliphatic carbocycles. The van der Waals surface area contributed by atoms with E-state index in [1.807, 2.05) is 0 Å². The Kier molecular flexibility index (Phi) is 7.36. The number of rotatable bonds is 8. The number of methoxy groups -OCH3 is 2. The number of hydrogen-bond acceptors (Lipinski definition) is 7. The van der Waals surface area contributed by atoms with E-state index in [9.17, 15) is 9.18 Å². The van der Waals surface area contributed by atoms with Gasteiger partial charge in [0.2, 0.25) is 0 Å². The Morgan fingerprint density at radius 3 is 2.79 bits per heavy atom. The molecule has 1 aliphatic rings. The minimum Gasteiger partial charge on any atom is -0.494 e. The van der Waals surface area contributed by atoms with E-state index in [0.29, 0.717) is 56.5 Å². The largest absolute Gasteiger partial charge is 0.494 e. The average molecular weight is 408 g/mol. The maximum atomic E-state index is 13.8. The minimum absolute atomic E-state index is 0.119. The van der Waals surface area contributed by atoms with Crippen LogP contribution in [-0.2, 0) is 16.1 Å². The van der Waals surface area contributed by atoms with Crippen molar-refractivity contribution in [3.05, 3.63) is 35.7 Å². The summed E-state index contributed by atoms with van der Waals surface area (Å²) < 4.78 is 34.1. The third kappa shape index (κ3) is 5.64. The molecule has 1 aromatic carbocycles. The van der Waals surface area contributed by atoms with Gasteiger partial charge in [0.25, 0.3) is 5.89 Å². The van der Waals surface area contributed by atoms with Gasteiger partial charge in [0.05, 0.1) is 20.3 Å². The van der Waals surface area contributed by atoms with Crippen LogP contribution in [0.25, 0.3) is 0 Å². The second-order valence-corrected chi connectivity index (χ2v) is 6.63. The Bertz CT molecular complexity index is 808. The summed E-state index contributed by atoms with van der Waals surface area (Å²) in [5, 5.41) is 6.74. The maximum absolute atomic E-state index is 13.8. The highest BCUT2D eigenvalue weighted by molar-refractivity contribution is 5.89. The van der Waals surface area contributed by atoms with E-state index in [1.165, 1.54) is 19.2 Å². The van der Waals surface area contributed by atoms with Gasteiger partial charge in [-0.3, -0.25) is 0 Å². The SMILES string of the molecule is COCCOCc1nc(C2CCN(C(=O)Nc3ccc(OC)c(F)c3)CC2)no1. The van der Waals surface area contributed by atoms with Crippen LogP contribution in [0.5, 0.6) is 5.75 Å². The molecule has 9 nitrogen and oxygen atoms in total. The van der Waals surface area contributed by atoms with Crippen LogP contribution in [0, 0.1) is 5.82 Å². The van der Waals surface area contributed by atoms with Crippen molar-refractivity contribution in [1.82, 2.24) is 15.0 Å². The summed E-state index contributed by atoms with van der Waals surface area (Å²) in [5.74, 6) is 0.787. The summed E-state index contributed by atoms with van der Waals surface area (Å²) in [6.07, 6.45) is 1.43. The maximum Gasteiger partial charge on any atom is 0.321 e. The lowest BCUT2D eigenvalue weighted by Gasteiger charge is -2.30. The highest BCUT2D eigenvalue weighted by atomic mass is 19.1. The summed E-state index contributed by atoms with van der Waals surface area (Å²) in [5.41, 5.74) is 0.381. The third-order valence-electron chi connectivity index (χ3n) is 4.69. The molecule has 1 aromatic heterocycles. The lowest BCUT2D eigenvalue weighted by Crippen LogP contribution is -2.40. The smallest absolute Gasteiger partial charge is 0.321 e. The number of amides is 2. The number of aromatic nitrogens is 2. The molecular formula is C19H25FN4O5. The van der Waals surface area contributed by atoms with Crippen LogP contribution in [0.2, 0.25) is 0 Å². The molecule has 158 valence electrons. The van der Waals surface area contributed by atoms with Crippen molar-refractivity contribution in [2.75, 3.05) is 45.8 Å². The van der Waals surface area contributed by atoms with E-state index in [1.54, 1.807) is 18.1 Å². The van der Waals surface area contributed by atoms with Crippen molar-refractivity contribution in [1.29, 1.82) is 0 Å². The lowest BCUT2D eigenvalue weighted by atomic mass is 9.96. The zero-order chi connectivity index (χ0) is 20.6. The second kappa shape index (κ2) is 10.2. The first-order chi connectivity index (χ1) is 14.1. The van der Waals surface area contributed by atoms with Gasteiger partial charge in [0.15, 0.2) is 17.4 Å². The predicted octanol–water partition coefficient (Wildman–Crippen LogP) is 2.79. The van der Waals surface area contributed by atoms with Crippen LogP contribution in [0.15, 0.2) is 22.7 Å². The van der Waals surface area contributed by atoms with E-state index in [-0.39, 0.29) is 24.3 Å². The summed E-state index contributed by atoms with van der Waals surface area (Å²) in [6.45, 7) is 2.30. The molecular weight excluding hydrogens is 383 g/mol. The van der Waals surface area contributed by atoms with Gasteiger partial charge in [0, 0.05) is 37.9 Å². The van der Waals surface area contributed by atoms with E-state index < -0.39 is 5.82 Å². The van der Waals surface area contributed by atoms with Crippen molar-refractivity contribution in [3.8, 4) is 5.75 Å². The Balaban J connectivity index is 1.47. The van der Waals surface area contributed by atoms with E-state index >= 15 is 0 Å². The molecule has 1 saturated heterocycles. The summed E-state index contributed by atoms with van der Waals surface area (Å²) in [7, 11) is 3.00. The normalized spacial score (nSPS) is 14.8. The molecule has 3 rings (SSSR count). The quantitative estimate of drug-likeness (QED) is 0.671.